The van der Waals surface area contributed by atoms with Gasteiger partial charge < -0.3 is 5.32 Å². The average Bonchev–Trinajstić information content (AvgIpc) is 2.36. The van der Waals surface area contributed by atoms with E-state index in [1.165, 1.54) is 5.56 Å². The smallest absolute Gasteiger partial charge is 0.0426 e. The van der Waals surface area contributed by atoms with Gasteiger partial charge in [-0.3, -0.25) is 0 Å². The minimum absolute atomic E-state index is 0.776. The summed E-state index contributed by atoms with van der Waals surface area (Å²) in [6.07, 6.45) is 2.23. The molecule has 0 saturated carbocycles. The van der Waals surface area contributed by atoms with Crippen LogP contribution in [0.25, 0.3) is 0 Å². The van der Waals surface area contributed by atoms with E-state index >= 15 is 0 Å². The Labute approximate surface area is 107 Å². The van der Waals surface area contributed by atoms with Gasteiger partial charge in [-0.25, -0.2) is 0 Å². The van der Waals surface area contributed by atoms with Gasteiger partial charge in [-0.2, -0.15) is 0 Å². The van der Waals surface area contributed by atoms with Crippen LogP contribution in [0.3, 0.4) is 0 Å². The predicted octanol–water partition coefficient (Wildman–Crippen LogP) is 4.38. The predicted molar refractivity (Wildman–Crippen MR) is 74.7 cm³/mol. The van der Waals surface area contributed by atoms with Crippen LogP contribution < -0.4 is 5.32 Å². The third kappa shape index (κ3) is 4.12. The minimum atomic E-state index is 0.776. The van der Waals surface area contributed by atoms with Crippen molar-refractivity contribution in [3.8, 4) is 0 Å². The summed E-state index contributed by atoms with van der Waals surface area (Å²) in [5.41, 5.74) is 2.48. The summed E-state index contributed by atoms with van der Waals surface area (Å²) in [6, 6.07) is 18.4. The molecule has 17 heavy (non-hydrogen) atoms. The van der Waals surface area contributed by atoms with E-state index in [2.05, 4.69) is 29.6 Å². The summed E-state index contributed by atoms with van der Waals surface area (Å²) in [6.45, 7) is 0.967. The van der Waals surface area contributed by atoms with E-state index in [9.17, 15) is 0 Å². The molecule has 0 aromatic heterocycles. The Balaban J connectivity index is 1.73. The van der Waals surface area contributed by atoms with E-state index in [0.717, 1.165) is 30.1 Å². The lowest BCUT2D eigenvalue weighted by Gasteiger charge is -2.06. The molecular formula is C15H16ClN. The summed E-state index contributed by atoms with van der Waals surface area (Å²) in [4.78, 5) is 0. The fourth-order valence-corrected chi connectivity index (χ4v) is 1.96. The van der Waals surface area contributed by atoms with Crippen molar-refractivity contribution in [3.05, 3.63) is 65.2 Å². The number of anilines is 1. The maximum Gasteiger partial charge on any atom is 0.0426 e. The molecule has 0 aliphatic rings. The molecule has 0 unspecified atom stereocenters. The number of hydrogen-bond acceptors (Lipinski definition) is 1. The lowest BCUT2D eigenvalue weighted by Crippen LogP contribution is -2.02. The topological polar surface area (TPSA) is 12.0 Å². The number of halogens is 1. The van der Waals surface area contributed by atoms with Gasteiger partial charge >= 0.3 is 0 Å². The second kappa shape index (κ2) is 6.31. The first-order valence-electron chi connectivity index (χ1n) is 5.88. The van der Waals surface area contributed by atoms with Crippen LogP contribution in [0.2, 0.25) is 5.02 Å². The quantitative estimate of drug-likeness (QED) is 0.771. The van der Waals surface area contributed by atoms with Crippen molar-refractivity contribution in [2.45, 2.75) is 12.8 Å². The van der Waals surface area contributed by atoms with Crippen LogP contribution in [0.4, 0.5) is 5.69 Å². The lowest BCUT2D eigenvalue weighted by atomic mass is 10.1. The standard InChI is InChI=1S/C15H16ClN/c16-14-9-4-10-15(12-14)17-11-5-8-13-6-2-1-3-7-13/h1-4,6-7,9-10,12,17H,5,8,11H2. The monoisotopic (exact) mass is 245 g/mol. The SMILES string of the molecule is Clc1cccc(NCCCc2ccccc2)c1. The highest BCUT2D eigenvalue weighted by Gasteiger charge is 1.94. The van der Waals surface area contributed by atoms with Gasteiger partial charge in [0.2, 0.25) is 0 Å². The van der Waals surface area contributed by atoms with Gasteiger partial charge in [0.1, 0.15) is 0 Å². The van der Waals surface area contributed by atoms with Crippen molar-refractivity contribution in [2.24, 2.45) is 0 Å². The van der Waals surface area contributed by atoms with Crippen LogP contribution >= 0.6 is 11.6 Å². The molecule has 0 spiro atoms. The number of hydrogen-bond donors (Lipinski definition) is 1. The molecule has 2 rings (SSSR count). The van der Waals surface area contributed by atoms with Gasteiger partial charge in [0.25, 0.3) is 0 Å². The highest BCUT2D eigenvalue weighted by Crippen LogP contribution is 2.14. The molecule has 2 heteroatoms. The average molecular weight is 246 g/mol. The van der Waals surface area contributed by atoms with E-state index in [1.807, 2.05) is 30.3 Å². The van der Waals surface area contributed by atoms with E-state index in [4.69, 9.17) is 11.6 Å². The normalized spacial score (nSPS) is 10.2. The Bertz CT molecular complexity index is 453. The molecule has 0 bridgehead atoms. The Kier molecular flexibility index (Phi) is 4.45. The van der Waals surface area contributed by atoms with Crippen LogP contribution in [0.1, 0.15) is 12.0 Å². The van der Waals surface area contributed by atoms with E-state index < -0.39 is 0 Å². The Morgan fingerprint density at radius 1 is 0.941 bits per heavy atom. The molecule has 0 atom stereocenters. The highest BCUT2D eigenvalue weighted by atomic mass is 35.5. The fourth-order valence-electron chi connectivity index (χ4n) is 1.77. The third-order valence-corrected chi connectivity index (χ3v) is 2.87. The molecule has 0 aliphatic carbocycles. The van der Waals surface area contributed by atoms with Crippen molar-refractivity contribution in [3.63, 3.8) is 0 Å². The van der Waals surface area contributed by atoms with Crippen LogP contribution in [-0.2, 0) is 6.42 Å². The molecular weight excluding hydrogens is 230 g/mol. The molecule has 0 amide bonds. The molecule has 0 saturated heterocycles. The van der Waals surface area contributed by atoms with Gasteiger partial charge in [-0.05, 0) is 36.6 Å². The van der Waals surface area contributed by atoms with Gasteiger partial charge in [0.05, 0.1) is 0 Å². The summed E-state index contributed by atoms with van der Waals surface area (Å²) in [5.74, 6) is 0. The molecule has 0 aliphatic heterocycles. The Morgan fingerprint density at radius 2 is 1.76 bits per heavy atom. The summed E-state index contributed by atoms with van der Waals surface area (Å²) < 4.78 is 0. The molecule has 0 heterocycles. The van der Waals surface area contributed by atoms with Crippen molar-refractivity contribution in [1.29, 1.82) is 0 Å². The first-order chi connectivity index (χ1) is 8.34. The molecule has 1 N–H and O–H groups in total. The highest BCUT2D eigenvalue weighted by molar-refractivity contribution is 6.30. The lowest BCUT2D eigenvalue weighted by molar-refractivity contribution is 0.863. The van der Waals surface area contributed by atoms with E-state index in [0.29, 0.717) is 0 Å². The van der Waals surface area contributed by atoms with Gasteiger partial charge in [-0.15, -0.1) is 0 Å². The van der Waals surface area contributed by atoms with Crippen LogP contribution in [0.5, 0.6) is 0 Å². The third-order valence-electron chi connectivity index (χ3n) is 2.64. The molecule has 1 nitrogen and oxygen atoms in total. The number of nitrogens with one attached hydrogen (secondary N) is 1. The van der Waals surface area contributed by atoms with Crippen LogP contribution in [0, 0.1) is 0 Å². The van der Waals surface area contributed by atoms with E-state index in [1.54, 1.807) is 0 Å². The largest absolute Gasteiger partial charge is 0.385 e. The molecule has 88 valence electrons. The van der Waals surface area contributed by atoms with Gasteiger partial charge in [0.15, 0.2) is 0 Å². The number of benzene rings is 2. The van der Waals surface area contributed by atoms with Crippen LogP contribution in [0.15, 0.2) is 54.6 Å². The van der Waals surface area contributed by atoms with Crippen molar-refractivity contribution in [2.75, 3.05) is 11.9 Å². The Morgan fingerprint density at radius 3 is 2.53 bits per heavy atom. The molecule has 0 radical (unpaired) electrons. The Hall–Kier alpha value is -1.47. The minimum Gasteiger partial charge on any atom is -0.385 e. The van der Waals surface area contributed by atoms with Crippen molar-refractivity contribution < 1.29 is 0 Å². The fraction of sp³-hybridized carbons (Fsp3) is 0.200. The molecule has 0 fully saturated rings. The molecule has 2 aromatic carbocycles. The van der Waals surface area contributed by atoms with Gasteiger partial charge in [-0.1, -0.05) is 48.0 Å². The zero-order valence-corrected chi connectivity index (χ0v) is 10.5. The van der Waals surface area contributed by atoms with E-state index in [-0.39, 0.29) is 0 Å². The van der Waals surface area contributed by atoms with Crippen molar-refractivity contribution in [1.82, 2.24) is 0 Å². The molecule has 2 aromatic rings. The second-order valence-electron chi connectivity index (χ2n) is 4.03. The summed E-state index contributed by atoms with van der Waals surface area (Å²) in [7, 11) is 0. The first-order valence-corrected chi connectivity index (χ1v) is 6.26. The zero-order valence-electron chi connectivity index (χ0n) is 9.70. The number of aryl methyl sites for hydroxylation is 1. The maximum absolute atomic E-state index is 5.91. The second-order valence-corrected chi connectivity index (χ2v) is 4.46. The van der Waals surface area contributed by atoms with Gasteiger partial charge in [0, 0.05) is 17.3 Å². The summed E-state index contributed by atoms with van der Waals surface area (Å²) >= 11 is 5.91. The number of rotatable bonds is 5. The maximum atomic E-state index is 5.91. The zero-order chi connectivity index (χ0) is 11.9. The first kappa shape index (κ1) is 12.0. The van der Waals surface area contributed by atoms with Crippen molar-refractivity contribution >= 4 is 17.3 Å². The summed E-state index contributed by atoms with van der Waals surface area (Å²) in [5, 5.41) is 4.15. The van der Waals surface area contributed by atoms with Crippen LogP contribution in [-0.4, -0.2) is 6.54 Å².